The van der Waals surface area contributed by atoms with E-state index in [9.17, 15) is 0 Å². The van der Waals surface area contributed by atoms with Crippen molar-refractivity contribution in [2.24, 2.45) is 0 Å². The molecule has 0 bridgehead atoms. The fourth-order valence-electron chi connectivity index (χ4n) is 2.51. The van der Waals surface area contributed by atoms with Crippen molar-refractivity contribution < 1.29 is 9.47 Å². The summed E-state index contributed by atoms with van der Waals surface area (Å²) < 4.78 is 10.3. The molecule has 0 saturated heterocycles. The number of hydrogen-bond acceptors (Lipinski definition) is 4. The summed E-state index contributed by atoms with van der Waals surface area (Å²) in [7, 11) is 3.32. The predicted molar refractivity (Wildman–Crippen MR) is 95.3 cm³/mol. The molecule has 2 aromatic carbocycles. The lowest BCUT2D eigenvalue weighted by atomic mass is 10.1. The van der Waals surface area contributed by atoms with Crippen LogP contribution >= 0.6 is 0 Å². The Morgan fingerprint density at radius 2 is 1.61 bits per heavy atom. The maximum Gasteiger partial charge on any atom is 0.141 e. The van der Waals surface area contributed by atoms with Crippen molar-refractivity contribution in [1.29, 1.82) is 0 Å². The van der Waals surface area contributed by atoms with E-state index in [1.165, 1.54) is 11.1 Å². The van der Waals surface area contributed by atoms with Crippen molar-refractivity contribution in [2.45, 2.75) is 19.3 Å². The molecule has 3 N–H and O–H groups in total. The first-order valence-electron chi connectivity index (χ1n) is 7.99. The van der Waals surface area contributed by atoms with Crippen molar-refractivity contribution in [2.75, 3.05) is 33.0 Å². The van der Waals surface area contributed by atoms with E-state index in [-0.39, 0.29) is 0 Å². The highest BCUT2D eigenvalue weighted by atomic mass is 16.5. The highest BCUT2D eigenvalue weighted by Gasteiger charge is 2.01. The highest BCUT2D eigenvalue weighted by Crippen LogP contribution is 2.22. The molecule has 0 spiro atoms. The second-order valence-electron chi connectivity index (χ2n) is 5.53. The van der Waals surface area contributed by atoms with Crippen molar-refractivity contribution in [3.63, 3.8) is 0 Å². The van der Waals surface area contributed by atoms with Gasteiger partial charge in [0.2, 0.25) is 0 Å². The molecule has 0 aliphatic rings. The van der Waals surface area contributed by atoms with Gasteiger partial charge in [0.25, 0.3) is 0 Å². The quantitative estimate of drug-likeness (QED) is 0.552. The Hall–Kier alpha value is -2.20. The number of anilines is 1. The summed E-state index contributed by atoms with van der Waals surface area (Å²) in [5.74, 6) is 1.65. The fraction of sp³-hybridized carbons (Fsp3) is 0.368. The number of nitrogens with two attached hydrogens (primary N) is 1. The maximum absolute atomic E-state index is 5.92. The molecule has 0 fully saturated rings. The van der Waals surface area contributed by atoms with Gasteiger partial charge in [-0.1, -0.05) is 18.2 Å². The normalized spacial score (nSPS) is 10.5. The summed E-state index contributed by atoms with van der Waals surface area (Å²) in [5.41, 5.74) is 9.20. The Labute approximate surface area is 138 Å². The van der Waals surface area contributed by atoms with Gasteiger partial charge >= 0.3 is 0 Å². The number of nitrogens with one attached hydrogen (secondary N) is 1. The Kier molecular flexibility index (Phi) is 6.76. The smallest absolute Gasteiger partial charge is 0.141 e. The van der Waals surface area contributed by atoms with Crippen LogP contribution in [0.25, 0.3) is 0 Å². The number of ether oxygens (including phenoxy) is 2. The fourth-order valence-corrected chi connectivity index (χ4v) is 2.51. The topological polar surface area (TPSA) is 56.5 Å². The molecule has 0 aliphatic heterocycles. The van der Waals surface area contributed by atoms with Gasteiger partial charge in [0, 0.05) is 0 Å². The number of rotatable bonds is 9. The average Bonchev–Trinajstić information content (AvgIpc) is 2.58. The predicted octanol–water partition coefficient (Wildman–Crippen LogP) is 3.05. The summed E-state index contributed by atoms with van der Waals surface area (Å²) in [6.45, 7) is 1.99. The molecule has 0 atom stereocenters. The molecule has 4 heteroatoms. The maximum atomic E-state index is 5.92. The van der Waals surface area contributed by atoms with E-state index in [1.807, 2.05) is 24.3 Å². The number of aryl methyl sites for hydroxylation is 1. The van der Waals surface area contributed by atoms with Gasteiger partial charge in [-0.15, -0.1) is 0 Å². The molecule has 0 unspecified atom stereocenters. The Bertz CT molecular complexity index is 597. The largest absolute Gasteiger partial charge is 0.497 e. The first kappa shape index (κ1) is 17.2. The lowest BCUT2D eigenvalue weighted by molar-refractivity contribution is 0.414. The molecular weight excluding hydrogens is 288 g/mol. The second kappa shape index (κ2) is 9.06. The van der Waals surface area contributed by atoms with Crippen LogP contribution in [0.15, 0.2) is 42.5 Å². The summed E-state index contributed by atoms with van der Waals surface area (Å²) in [4.78, 5) is 0. The lowest BCUT2D eigenvalue weighted by Gasteiger charge is -2.08. The molecule has 124 valence electrons. The number of benzene rings is 2. The SMILES string of the molecule is COc1ccc(CCNCCCc2ccc(OC)c(N)c2)cc1. The molecule has 0 radical (unpaired) electrons. The summed E-state index contributed by atoms with van der Waals surface area (Å²) in [5, 5.41) is 3.48. The van der Waals surface area contributed by atoms with Crippen molar-refractivity contribution in [3.8, 4) is 11.5 Å². The third-order valence-corrected chi connectivity index (χ3v) is 3.86. The van der Waals surface area contributed by atoms with Crippen molar-refractivity contribution >= 4 is 5.69 Å². The minimum Gasteiger partial charge on any atom is -0.497 e. The van der Waals surface area contributed by atoms with E-state index >= 15 is 0 Å². The van der Waals surface area contributed by atoms with Gasteiger partial charge in [-0.05, 0) is 67.7 Å². The van der Waals surface area contributed by atoms with Crippen LogP contribution in [0, 0.1) is 0 Å². The summed E-state index contributed by atoms with van der Waals surface area (Å²) >= 11 is 0. The second-order valence-corrected chi connectivity index (χ2v) is 5.53. The van der Waals surface area contributed by atoms with Gasteiger partial charge in [0.1, 0.15) is 11.5 Å². The number of hydrogen-bond donors (Lipinski definition) is 2. The highest BCUT2D eigenvalue weighted by molar-refractivity contribution is 5.54. The minimum atomic E-state index is 0.706. The molecule has 2 rings (SSSR count). The van der Waals surface area contributed by atoms with E-state index < -0.39 is 0 Å². The first-order valence-corrected chi connectivity index (χ1v) is 7.99. The van der Waals surface area contributed by atoms with Crippen LogP contribution in [0.3, 0.4) is 0 Å². The van der Waals surface area contributed by atoms with Gasteiger partial charge in [0.15, 0.2) is 0 Å². The van der Waals surface area contributed by atoms with E-state index in [0.29, 0.717) is 5.69 Å². The first-order chi connectivity index (χ1) is 11.2. The van der Waals surface area contributed by atoms with Crippen molar-refractivity contribution in [1.82, 2.24) is 5.32 Å². The Morgan fingerprint density at radius 1 is 0.870 bits per heavy atom. The number of nitrogen functional groups attached to an aromatic ring is 1. The van der Waals surface area contributed by atoms with E-state index in [1.54, 1.807) is 14.2 Å². The van der Waals surface area contributed by atoms with Crippen LogP contribution in [0.1, 0.15) is 17.5 Å². The van der Waals surface area contributed by atoms with Crippen LogP contribution < -0.4 is 20.5 Å². The molecule has 4 nitrogen and oxygen atoms in total. The van der Waals surface area contributed by atoms with Crippen LogP contribution in [-0.2, 0) is 12.8 Å². The molecule has 0 aliphatic carbocycles. The molecule has 23 heavy (non-hydrogen) atoms. The van der Waals surface area contributed by atoms with Crippen LogP contribution in [0.5, 0.6) is 11.5 Å². The number of methoxy groups -OCH3 is 2. The zero-order valence-corrected chi connectivity index (χ0v) is 14.0. The van der Waals surface area contributed by atoms with Crippen molar-refractivity contribution in [3.05, 3.63) is 53.6 Å². The standard InChI is InChI=1S/C19H26N2O2/c1-22-17-8-5-15(6-9-17)11-13-21-12-3-4-16-7-10-19(23-2)18(20)14-16/h5-10,14,21H,3-4,11-13,20H2,1-2H3. The Morgan fingerprint density at radius 3 is 2.26 bits per heavy atom. The van der Waals surface area contributed by atoms with Crippen LogP contribution in [0.2, 0.25) is 0 Å². The molecule has 0 amide bonds. The zero-order chi connectivity index (χ0) is 16.5. The Balaban J connectivity index is 1.62. The monoisotopic (exact) mass is 314 g/mol. The third kappa shape index (κ3) is 5.49. The van der Waals surface area contributed by atoms with E-state index in [2.05, 4.69) is 23.5 Å². The van der Waals surface area contributed by atoms with Crippen LogP contribution in [-0.4, -0.2) is 27.3 Å². The van der Waals surface area contributed by atoms with Crippen LogP contribution in [0.4, 0.5) is 5.69 Å². The lowest BCUT2D eigenvalue weighted by Crippen LogP contribution is -2.19. The minimum absolute atomic E-state index is 0.706. The zero-order valence-electron chi connectivity index (χ0n) is 14.0. The molecule has 2 aromatic rings. The molecular formula is C19H26N2O2. The molecule has 0 aromatic heterocycles. The van der Waals surface area contributed by atoms with Gasteiger partial charge < -0.3 is 20.5 Å². The van der Waals surface area contributed by atoms with E-state index in [0.717, 1.165) is 43.9 Å². The van der Waals surface area contributed by atoms with E-state index in [4.69, 9.17) is 15.2 Å². The third-order valence-electron chi connectivity index (χ3n) is 3.86. The van der Waals surface area contributed by atoms with Gasteiger partial charge in [-0.2, -0.15) is 0 Å². The van der Waals surface area contributed by atoms with Gasteiger partial charge in [-0.3, -0.25) is 0 Å². The molecule has 0 saturated carbocycles. The summed E-state index contributed by atoms with van der Waals surface area (Å²) in [6, 6.07) is 14.2. The van der Waals surface area contributed by atoms with Gasteiger partial charge in [0.05, 0.1) is 19.9 Å². The van der Waals surface area contributed by atoms with Gasteiger partial charge in [-0.25, -0.2) is 0 Å². The molecule has 0 heterocycles. The summed E-state index contributed by atoms with van der Waals surface area (Å²) in [6.07, 6.45) is 3.14. The average molecular weight is 314 g/mol.